The maximum absolute atomic E-state index is 14.1. The van der Waals surface area contributed by atoms with Gasteiger partial charge in [-0.25, -0.2) is 13.8 Å². The predicted molar refractivity (Wildman–Crippen MR) is 104 cm³/mol. The van der Waals surface area contributed by atoms with Gasteiger partial charge in [0.1, 0.15) is 17.4 Å². The molecule has 0 aliphatic carbocycles. The van der Waals surface area contributed by atoms with Crippen LogP contribution in [0, 0.1) is 18.6 Å². The monoisotopic (exact) mass is 416 g/mol. The first-order chi connectivity index (χ1) is 14.5. The van der Waals surface area contributed by atoms with Gasteiger partial charge >= 0.3 is 0 Å². The van der Waals surface area contributed by atoms with Gasteiger partial charge in [0.15, 0.2) is 5.69 Å². The molecule has 0 unspecified atom stereocenters. The number of rotatable bonds is 6. The first kappa shape index (κ1) is 20.2. The summed E-state index contributed by atoms with van der Waals surface area (Å²) in [4.78, 5) is 18.7. The minimum Gasteiger partial charge on any atom is -0.440 e. The number of halogens is 2. The number of aromatic nitrogens is 3. The van der Waals surface area contributed by atoms with E-state index in [-0.39, 0.29) is 12.1 Å². The number of benzene rings is 1. The van der Waals surface area contributed by atoms with Gasteiger partial charge in [0, 0.05) is 36.9 Å². The molecule has 0 atom stereocenters. The number of amides is 1. The highest BCUT2D eigenvalue weighted by Gasteiger charge is 2.31. The average molecular weight is 416 g/mol. The summed E-state index contributed by atoms with van der Waals surface area (Å²) in [5, 5.41) is 4.66. The van der Waals surface area contributed by atoms with Gasteiger partial charge in [-0.15, -0.1) is 0 Å². The summed E-state index contributed by atoms with van der Waals surface area (Å²) >= 11 is 0. The fourth-order valence-electron chi connectivity index (χ4n) is 3.61. The average Bonchev–Trinajstić information content (AvgIpc) is 3.31. The van der Waals surface area contributed by atoms with Crippen LogP contribution < -0.4 is 0 Å². The van der Waals surface area contributed by atoms with E-state index >= 15 is 0 Å². The minimum absolute atomic E-state index is 0.155. The molecular weight excluding hydrogens is 394 g/mol. The lowest BCUT2D eigenvalue weighted by Crippen LogP contribution is -2.37. The van der Waals surface area contributed by atoms with Crippen molar-refractivity contribution in [3.63, 3.8) is 0 Å². The number of ether oxygens (including phenoxy) is 1. The van der Waals surface area contributed by atoms with Crippen LogP contribution in [0.5, 0.6) is 0 Å². The normalized spacial score (nSPS) is 13.5. The second-order valence-electron chi connectivity index (χ2n) is 7.07. The molecule has 158 valence electrons. The van der Waals surface area contributed by atoms with Crippen molar-refractivity contribution >= 4 is 5.91 Å². The lowest BCUT2D eigenvalue weighted by Gasteiger charge is -2.28. The number of hydrogen-bond donors (Lipinski definition) is 0. The molecule has 7 nitrogen and oxygen atoms in total. The Labute approximate surface area is 172 Å². The Morgan fingerprint density at radius 2 is 2.17 bits per heavy atom. The molecule has 9 heteroatoms. The zero-order valence-electron chi connectivity index (χ0n) is 16.8. The van der Waals surface area contributed by atoms with E-state index in [1.54, 1.807) is 13.1 Å². The van der Waals surface area contributed by atoms with E-state index in [1.807, 2.05) is 11.6 Å². The smallest absolute Gasteiger partial charge is 0.257 e. The zero-order valence-corrected chi connectivity index (χ0v) is 16.8. The Balaban J connectivity index is 1.66. The fourth-order valence-corrected chi connectivity index (χ4v) is 3.61. The molecule has 0 fully saturated rings. The van der Waals surface area contributed by atoms with Crippen LogP contribution in [0.25, 0.3) is 11.6 Å². The topological polar surface area (TPSA) is 73.4 Å². The summed E-state index contributed by atoms with van der Waals surface area (Å²) in [6.07, 6.45) is 2.16. The van der Waals surface area contributed by atoms with Crippen molar-refractivity contribution < 1.29 is 22.7 Å². The molecule has 1 amide bonds. The molecule has 30 heavy (non-hydrogen) atoms. The van der Waals surface area contributed by atoms with Crippen molar-refractivity contribution in [2.24, 2.45) is 0 Å². The number of oxazole rings is 1. The molecular formula is C21H22F2N4O3. The Morgan fingerprint density at radius 1 is 1.33 bits per heavy atom. The predicted octanol–water partition coefficient (Wildman–Crippen LogP) is 3.36. The highest BCUT2D eigenvalue weighted by Crippen LogP contribution is 2.30. The second-order valence-corrected chi connectivity index (χ2v) is 7.07. The molecule has 0 spiro atoms. The largest absolute Gasteiger partial charge is 0.440 e. The SMILES string of the molecule is CCOCCn1nc(-c2ncc(C)o2)c2c1CCN(C(=O)c1ccc(F)cc1F)C2. The van der Waals surface area contributed by atoms with Crippen LogP contribution in [0.3, 0.4) is 0 Å². The molecule has 1 aromatic carbocycles. The van der Waals surface area contributed by atoms with Crippen molar-refractivity contribution in [3.8, 4) is 11.6 Å². The van der Waals surface area contributed by atoms with Gasteiger partial charge in [-0.2, -0.15) is 5.10 Å². The lowest BCUT2D eigenvalue weighted by molar-refractivity contribution is 0.0727. The summed E-state index contributed by atoms with van der Waals surface area (Å²) in [6.45, 7) is 6.04. The Kier molecular flexibility index (Phi) is 5.63. The van der Waals surface area contributed by atoms with E-state index in [4.69, 9.17) is 9.15 Å². The molecule has 3 aromatic rings. The van der Waals surface area contributed by atoms with E-state index in [9.17, 15) is 13.6 Å². The van der Waals surface area contributed by atoms with E-state index < -0.39 is 17.5 Å². The number of fused-ring (bicyclic) bond motifs is 1. The zero-order chi connectivity index (χ0) is 21.3. The van der Waals surface area contributed by atoms with Crippen molar-refractivity contribution in [1.82, 2.24) is 19.7 Å². The van der Waals surface area contributed by atoms with Crippen LogP contribution in [0.2, 0.25) is 0 Å². The summed E-state index contributed by atoms with van der Waals surface area (Å²) in [5.41, 5.74) is 2.20. The fraction of sp³-hybridized carbons (Fsp3) is 0.381. The molecule has 2 aromatic heterocycles. The highest BCUT2D eigenvalue weighted by molar-refractivity contribution is 5.94. The molecule has 0 N–H and O–H groups in total. The number of nitrogens with zero attached hydrogens (tertiary/aromatic N) is 4. The van der Waals surface area contributed by atoms with Crippen LogP contribution in [-0.4, -0.2) is 45.3 Å². The van der Waals surface area contributed by atoms with Crippen LogP contribution in [0.15, 0.2) is 28.8 Å². The quantitative estimate of drug-likeness (QED) is 0.576. The highest BCUT2D eigenvalue weighted by atomic mass is 19.1. The first-order valence-corrected chi connectivity index (χ1v) is 9.81. The number of carbonyl (C=O) groups excluding carboxylic acids is 1. The Hall–Kier alpha value is -3.07. The Bertz CT molecular complexity index is 1080. The summed E-state index contributed by atoms with van der Waals surface area (Å²) in [6, 6.07) is 2.97. The van der Waals surface area contributed by atoms with Crippen molar-refractivity contribution in [2.45, 2.75) is 33.4 Å². The van der Waals surface area contributed by atoms with Crippen LogP contribution >= 0.6 is 0 Å². The van der Waals surface area contributed by atoms with Gasteiger partial charge in [0.2, 0.25) is 5.89 Å². The molecule has 3 heterocycles. The van der Waals surface area contributed by atoms with E-state index in [1.165, 1.54) is 11.0 Å². The number of carbonyl (C=O) groups is 1. The van der Waals surface area contributed by atoms with E-state index in [2.05, 4.69) is 10.1 Å². The van der Waals surface area contributed by atoms with Crippen molar-refractivity contribution in [2.75, 3.05) is 19.8 Å². The molecule has 0 saturated heterocycles. The van der Waals surface area contributed by atoms with E-state index in [0.29, 0.717) is 50.1 Å². The third-order valence-electron chi connectivity index (χ3n) is 5.06. The molecule has 0 bridgehead atoms. The van der Waals surface area contributed by atoms with Crippen LogP contribution in [0.1, 0.15) is 34.3 Å². The van der Waals surface area contributed by atoms with Crippen molar-refractivity contribution in [3.05, 3.63) is 58.6 Å². The molecule has 0 radical (unpaired) electrons. The summed E-state index contributed by atoms with van der Waals surface area (Å²) in [5.74, 6) is -1.06. The lowest BCUT2D eigenvalue weighted by atomic mass is 10.0. The number of aryl methyl sites for hydroxylation is 1. The maximum atomic E-state index is 14.1. The maximum Gasteiger partial charge on any atom is 0.257 e. The number of hydrogen-bond acceptors (Lipinski definition) is 5. The second kappa shape index (κ2) is 8.35. The molecule has 0 saturated carbocycles. The minimum atomic E-state index is -0.873. The van der Waals surface area contributed by atoms with E-state index in [0.717, 1.165) is 23.4 Å². The molecule has 1 aliphatic heterocycles. The van der Waals surface area contributed by atoms with Gasteiger partial charge in [0.05, 0.1) is 31.5 Å². The van der Waals surface area contributed by atoms with Crippen molar-refractivity contribution in [1.29, 1.82) is 0 Å². The first-order valence-electron chi connectivity index (χ1n) is 9.81. The standard InChI is InChI=1S/C21H22F2N4O3/c1-3-29-9-8-27-18-6-7-26(21(28)15-5-4-14(22)10-17(15)23)12-16(18)19(25-27)20-24-11-13(2)30-20/h4-5,10-11H,3,6-9,12H2,1-2H3. The third kappa shape index (κ3) is 3.85. The summed E-state index contributed by atoms with van der Waals surface area (Å²) < 4.78 is 40.3. The van der Waals surface area contributed by atoms with Gasteiger partial charge in [-0.05, 0) is 26.0 Å². The molecule has 4 rings (SSSR count). The van der Waals surface area contributed by atoms with Gasteiger partial charge < -0.3 is 14.1 Å². The van der Waals surface area contributed by atoms with Gasteiger partial charge in [-0.1, -0.05) is 0 Å². The van der Waals surface area contributed by atoms with Gasteiger partial charge in [-0.3, -0.25) is 9.48 Å². The molecule has 1 aliphatic rings. The van der Waals surface area contributed by atoms with Crippen LogP contribution in [-0.2, 0) is 24.2 Å². The third-order valence-corrected chi connectivity index (χ3v) is 5.06. The van der Waals surface area contributed by atoms with Crippen LogP contribution in [0.4, 0.5) is 8.78 Å². The summed E-state index contributed by atoms with van der Waals surface area (Å²) in [7, 11) is 0. The van der Waals surface area contributed by atoms with Gasteiger partial charge in [0.25, 0.3) is 5.91 Å². The Morgan fingerprint density at radius 3 is 2.87 bits per heavy atom.